The van der Waals surface area contributed by atoms with Crippen LogP contribution in [0.4, 0.5) is 0 Å². The molecule has 0 spiro atoms. The van der Waals surface area contributed by atoms with Gasteiger partial charge < -0.3 is 9.84 Å². The molecule has 8 heteroatoms. The van der Waals surface area contributed by atoms with Crippen molar-refractivity contribution >= 4 is 31.5 Å². The number of hydrogen-bond acceptors (Lipinski definition) is 5. The number of ketones is 1. The van der Waals surface area contributed by atoms with Crippen molar-refractivity contribution < 1.29 is 27.9 Å². The van der Waals surface area contributed by atoms with Crippen LogP contribution in [0.15, 0.2) is 47.4 Å². The third kappa shape index (κ3) is 3.74. The van der Waals surface area contributed by atoms with Crippen molar-refractivity contribution in [3.8, 4) is 5.75 Å². The molecule has 126 valence electrons. The Hall–Kier alpha value is -2.38. The lowest BCUT2D eigenvalue weighted by atomic mass is 10.0. The summed E-state index contributed by atoms with van der Waals surface area (Å²) in [4.78, 5) is 23.4. The van der Waals surface area contributed by atoms with Crippen LogP contribution < -0.4 is 4.74 Å². The number of hydrogen-bond donors (Lipinski definition) is 1. The highest BCUT2D eigenvalue weighted by atomic mass is 35.7. The van der Waals surface area contributed by atoms with E-state index >= 15 is 0 Å². The van der Waals surface area contributed by atoms with Gasteiger partial charge >= 0.3 is 5.97 Å². The fourth-order valence-corrected chi connectivity index (χ4v) is 3.20. The third-order valence-electron chi connectivity index (χ3n) is 3.14. The lowest BCUT2D eigenvalue weighted by molar-refractivity contribution is 0.0695. The maximum absolute atomic E-state index is 12.7. The molecule has 6 nitrogen and oxygen atoms in total. The average Bonchev–Trinajstić information content (AvgIpc) is 2.53. The maximum atomic E-state index is 12.7. The summed E-state index contributed by atoms with van der Waals surface area (Å²) in [5.74, 6) is -2.14. The molecule has 1 N–H and O–H groups in total. The zero-order valence-corrected chi connectivity index (χ0v) is 14.1. The minimum absolute atomic E-state index is 0.111. The number of carboxylic acids is 1. The molecule has 2 aromatic carbocycles. The second kappa shape index (κ2) is 7.02. The molecule has 2 rings (SSSR count). The van der Waals surface area contributed by atoms with Crippen molar-refractivity contribution in [1.29, 1.82) is 0 Å². The van der Waals surface area contributed by atoms with Crippen molar-refractivity contribution in [3.05, 3.63) is 59.2 Å². The van der Waals surface area contributed by atoms with Gasteiger partial charge in [0.15, 0.2) is 5.78 Å². The predicted octanol–water partition coefficient (Wildman–Crippen LogP) is 2.94. The predicted molar refractivity (Wildman–Crippen MR) is 87.5 cm³/mol. The minimum atomic E-state index is -4.38. The zero-order valence-electron chi connectivity index (χ0n) is 12.5. The van der Waals surface area contributed by atoms with Crippen LogP contribution in [-0.4, -0.2) is 31.9 Å². The van der Waals surface area contributed by atoms with E-state index in [1.54, 1.807) is 25.1 Å². The lowest BCUT2D eigenvalue weighted by Crippen LogP contribution is -2.13. The number of ether oxygens (including phenoxy) is 1. The van der Waals surface area contributed by atoms with Crippen LogP contribution in [0.5, 0.6) is 5.75 Å². The van der Waals surface area contributed by atoms with E-state index in [-0.39, 0.29) is 29.0 Å². The lowest BCUT2D eigenvalue weighted by Gasteiger charge is -2.14. The Morgan fingerprint density at radius 1 is 1.12 bits per heavy atom. The Morgan fingerprint density at radius 2 is 1.75 bits per heavy atom. The van der Waals surface area contributed by atoms with Crippen molar-refractivity contribution in [3.63, 3.8) is 0 Å². The Bertz CT molecular complexity index is 890. The molecule has 0 aromatic heterocycles. The monoisotopic (exact) mass is 368 g/mol. The second-order valence-corrected chi connectivity index (χ2v) is 7.25. The number of aromatic carboxylic acids is 1. The summed E-state index contributed by atoms with van der Waals surface area (Å²) in [7, 11) is 1.04. The highest BCUT2D eigenvalue weighted by Gasteiger charge is 2.28. The van der Waals surface area contributed by atoms with Crippen molar-refractivity contribution in [2.75, 3.05) is 6.61 Å². The first-order valence-corrected chi connectivity index (χ1v) is 9.15. The first kappa shape index (κ1) is 18.0. The summed E-state index contributed by atoms with van der Waals surface area (Å²) in [6.07, 6.45) is 0. The van der Waals surface area contributed by atoms with Crippen molar-refractivity contribution in [2.24, 2.45) is 0 Å². The summed E-state index contributed by atoms with van der Waals surface area (Å²) < 4.78 is 29.1. The molecule has 0 radical (unpaired) electrons. The third-order valence-corrected chi connectivity index (χ3v) is 4.48. The van der Waals surface area contributed by atoms with Crippen LogP contribution in [0, 0.1) is 0 Å². The molecular formula is C16H13ClO6S. The summed E-state index contributed by atoms with van der Waals surface area (Å²) >= 11 is 0. The molecule has 0 saturated heterocycles. The van der Waals surface area contributed by atoms with E-state index < -0.39 is 25.7 Å². The summed E-state index contributed by atoms with van der Waals surface area (Å²) in [6, 6.07) is 9.91. The van der Waals surface area contributed by atoms with Crippen LogP contribution in [0.2, 0.25) is 0 Å². The number of carbonyl (C=O) groups excluding carboxylic acids is 1. The van der Waals surface area contributed by atoms with Gasteiger partial charge in [-0.05, 0) is 19.1 Å². The van der Waals surface area contributed by atoms with Gasteiger partial charge in [0.1, 0.15) is 5.75 Å². The van der Waals surface area contributed by atoms with E-state index in [9.17, 15) is 18.0 Å². The van der Waals surface area contributed by atoms with Gasteiger partial charge in [-0.2, -0.15) is 0 Å². The molecule has 0 aliphatic heterocycles. The van der Waals surface area contributed by atoms with Gasteiger partial charge in [-0.15, -0.1) is 0 Å². The number of rotatable bonds is 6. The van der Waals surface area contributed by atoms with Gasteiger partial charge in [0.25, 0.3) is 9.05 Å². The van der Waals surface area contributed by atoms with Crippen LogP contribution >= 0.6 is 10.7 Å². The maximum Gasteiger partial charge on any atom is 0.335 e. The highest BCUT2D eigenvalue weighted by molar-refractivity contribution is 8.13. The van der Waals surface area contributed by atoms with E-state index in [0.29, 0.717) is 0 Å². The number of carboxylic acid groups (broad SMARTS) is 1. The molecule has 0 bridgehead atoms. The standard InChI is InChI=1S/C16H13ClO6S/c1-2-23-12-8-11(16(19)20)9-13(24(17,21)22)14(12)15(18)10-6-4-3-5-7-10/h3-9H,2H2,1H3,(H,19,20). The molecule has 0 heterocycles. The van der Waals surface area contributed by atoms with Crippen LogP contribution in [0.3, 0.4) is 0 Å². The first-order chi connectivity index (χ1) is 11.3. The van der Waals surface area contributed by atoms with Crippen LogP contribution in [0.25, 0.3) is 0 Å². The van der Waals surface area contributed by atoms with Crippen molar-refractivity contribution in [1.82, 2.24) is 0 Å². The van der Waals surface area contributed by atoms with Crippen LogP contribution in [0.1, 0.15) is 33.2 Å². The summed E-state index contributed by atoms with van der Waals surface area (Å²) in [5, 5.41) is 9.14. The summed E-state index contributed by atoms with van der Waals surface area (Å²) in [6.45, 7) is 1.74. The molecule has 0 aliphatic carbocycles. The first-order valence-electron chi connectivity index (χ1n) is 6.84. The largest absolute Gasteiger partial charge is 0.493 e. The van der Waals surface area contributed by atoms with Gasteiger partial charge in [0.2, 0.25) is 0 Å². The molecule has 0 amide bonds. The van der Waals surface area contributed by atoms with E-state index in [1.807, 2.05) is 0 Å². The summed E-state index contributed by atoms with van der Waals surface area (Å²) in [5.41, 5.74) is -0.409. The van der Waals surface area contributed by atoms with E-state index in [2.05, 4.69) is 0 Å². The van der Waals surface area contributed by atoms with E-state index in [4.69, 9.17) is 20.5 Å². The Balaban J connectivity index is 2.81. The Kier molecular flexibility index (Phi) is 5.26. The molecule has 0 saturated carbocycles. The van der Waals surface area contributed by atoms with Gasteiger partial charge in [-0.1, -0.05) is 30.3 Å². The number of halogens is 1. The average molecular weight is 369 g/mol. The van der Waals surface area contributed by atoms with Gasteiger partial charge in [-0.25, -0.2) is 13.2 Å². The van der Waals surface area contributed by atoms with Gasteiger partial charge in [0, 0.05) is 16.2 Å². The number of benzene rings is 2. The minimum Gasteiger partial charge on any atom is -0.493 e. The van der Waals surface area contributed by atoms with E-state index in [1.165, 1.54) is 12.1 Å². The number of carbonyl (C=O) groups is 2. The second-order valence-electron chi connectivity index (χ2n) is 4.72. The quantitative estimate of drug-likeness (QED) is 0.621. The molecule has 0 atom stereocenters. The van der Waals surface area contributed by atoms with Crippen molar-refractivity contribution in [2.45, 2.75) is 11.8 Å². The molecule has 24 heavy (non-hydrogen) atoms. The fourth-order valence-electron chi connectivity index (χ4n) is 2.13. The van der Waals surface area contributed by atoms with Gasteiger partial charge in [0.05, 0.1) is 22.6 Å². The van der Waals surface area contributed by atoms with Gasteiger partial charge in [-0.3, -0.25) is 4.79 Å². The molecule has 0 aliphatic rings. The molecule has 0 fully saturated rings. The molecule has 2 aromatic rings. The Labute approximate surface area is 143 Å². The topological polar surface area (TPSA) is 97.7 Å². The SMILES string of the molecule is CCOc1cc(C(=O)O)cc(S(=O)(=O)Cl)c1C(=O)c1ccccc1. The Morgan fingerprint density at radius 3 is 2.25 bits per heavy atom. The molecular weight excluding hydrogens is 356 g/mol. The smallest absolute Gasteiger partial charge is 0.335 e. The fraction of sp³-hybridized carbons (Fsp3) is 0.125. The molecule has 0 unspecified atom stereocenters. The van der Waals surface area contributed by atoms with E-state index in [0.717, 1.165) is 12.1 Å². The normalized spacial score (nSPS) is 11.1. The zero-order chi connectivity index (χ0) is 17.9. The highest BCUT2D eigenvalue weighted by Crippen LogP contribution is 2.32. The van der Waals surface area contributed by atoms with Crippen LogP contribution in [-0.2, 0) is 9.05 Å².